The van der Waals surface area contributed by atoms with Gasteiger partial charge < -0.3 is 10.2 Å². The molecule has 4 nitrogen and oxygen atoms in total. The number of rotatable bonds is 2. The molecule has 0 aliphatic carbocycles. The van der Waals surface area contributed by atoms with E-state index in [1.165, 1.54) is 0 Å². The third-order valence-electron chi connectivity index (χ3n) is 3.22. The molecule has 1 aromatic rings. The Balaban J connectivity index is 1.78. The quantitative estimate of drug-likeness (QED) is 0.849. The number of hydrogen-bond donors (Lipinski definition) is 1. The number of pyridine rings is 1. The van der Waals surface area contributed by atoms with Gasteiger partial charge in [0.25, 0.3) is 0 Å². The fraction of sp³-hybridized carbons (Fsp3) is 0.538. The van der Waals surface area contributed by atoms with Gasteiger partial charge in [-0.2, -0.15) is 0 Å². The van der Waals surface area contributed by atoms with Gasteiger partial charge in [-0.25, -0.2) is 4.79 Å². The number of carbonyl (C=O) groups is 1. The van der Waals surface area contributed by atoms with Crippen LogP contribution in [0, 0.1) is 5.92 Å². The highest BCUT2D eigenvalue weighted by atomic mass is 16.2. The number of amides is 2. The molecule has 0 unspecified atom stereocenters. The second-order valence-corrected chi connectivity index (χ2v) is 4.65. The predicted octanol–water partition coefficient (Wildman–Crippen LogP) is 2.02. The molecule has 17 heavy (non-hydrogen) atoms. The number of carbonyl (C=O) groups excluding carboxylic acids is 1. The largest absolute Gasteiger partial charge is 0.332 e. The zero-order valence-corrected chi connectivity index (χ0v) is 10.2. The lowest BCUT2D eigenvalue weighted by Crippen LogP contribution is -2.43. The molecular weight excluding hydrogens is 214 g/mol. The first-order chi connectivity index (χ1) is 8.25. The van der Waals surface area contributed by atoms with E-state index in [-0.39, 0.29) is 6.03 Å². The van der Waals surface area contributed by atoms with Crippen molar-refractivity contribution in [3.05, 3.63) is 30.1 Å². The van der Waals surface area contributed by atoms with Crippen molar-refractivity contribution in [1.82, 2.24) is 15.2 Å². The molecule has 2 rings (SSSR count). The summed E-state index contributed by atoms with van der Waals surface area (Å²) in [5, 5.41) is 2.91. The fourth-order valence-electron chi connectivity index (χ4n) is 1.99. The number of likely N-dealkylation sites (tertiary alicyclic amines) is 1. The lowest BCUT2D eigenvalue weighted by atomic mass is 10.00. The summed E-state index contributed by atoms with van der Waals surface area (Å²) in [7, 11) is 0. The van der Waals surface area contributed by atoms with Gasteiger partial charge in [0.05, 0.1) is 12.2 Å². The van der Waals surface area contributed by atoms with Crippen molar-refractivity contribution in [1.29, 1.82) is 0 Å². The second kappa shape index (κ2) is 5.66. The van der Waals surface area contributed by atoms with Crippen LogP contribution in [0.4, 0.5) is 4.79 Å². The maximum Gasteiger partial charge on any atom is 0.317 e. The number of hydrogen-bond acceptors (Lipinski definition) is 2. The van der Waals surface area contributed by atoms with Gasteiger partial charge in [0.15, 0.2) is 0 Å². The molecule has 0 saturated carbocycles. The molecule has 0 bridgehead atoms. The van der Waals surface area contributed by atoms with Crippen LogP contribution in [0.2, 0.25) is 0 Å². The smallest absolute Gasteiger partial charge is 0.317 e. The summed E-state index contributed by atoms with van der Waals surface area (Å²) in [6, 6.07) is 5.75. The summed E-state index contributed by atoms with van der Waals surface area (Å²) in [6.07, 6.45) is 3.96. The molecule has 1 N–H and O–H groups in total. The number of nitrogens with zero attached hydrogens (tertiary/aromatic N) is 2. The maximum atomic E-state index is 11.9. The molecule has 1 aliphatic heterocycles. The van der Waals surface area contributed by atoms with E-state index in [1.807, 2.05) is 23.1 Å². The average molecular weight is 233 g/mol. The van der Waals surface area contributed by atoms with Crippen LogP contribution in [-0.2, 0) is 6.54 Å². The van der Waals surface area contributed by atoms with E-state index in [4.69, 9.17) is 0 Å². The average Bonchev–Trinajstić information content (AvgIpc) is 2.38. The normalized spacial score (nSPS) is 16.9. The second-order valence-electron chi connectivity index (χ2n) is 4.65. The highest BCUT2D eigenvalue weighted by Gasteiger charge is 2.19. The molecule has 4 heteroatoms. The molecular formula is C13H19N3O. The third-order valence-corrected chi connectivity index (χ3v) is 3.22. The molecule has 2 amide bonds. The van der Waals surface area contributed by atoms with Crippen LogP contribution in [0.25, 0.3) is 0 Å². The monoisotopic (exact) mass is 233 g/mol. The van der Waals surface area contributed by atoms with Crippen molar-refractivity contribution in [2.45, 2.75) is 26.3 Å². The first-order valence-electron chi connectivity index (χ1n) is 6.18. The van der Waals surface area contributed by atoms with Crippen LogP contribution in [-0.4, -0.2) is 29.0 Å². The molecule has 0 aromatic carbocycles. The summed E-state index contributed by atoms with van der Waals surface area (Å²) in [5.41, 5.74) is 0.895. The number of urea groups is 1. The zero-order valence-electron chi connectivity index (χ0n) is 10.2. The van der Waals surface area contributed by atoms with E-state index in [9.17, 15) is 4.79 Å². The first kappa shape index (κ1) is 11.9. The highest BCUT2D eigenvalue weighted by Crippen LogP contribution is 2.15. The van der Waals surface area contributed by atoms with Crippen molar-refractivity contribution >= 4 is 6.03 Å². The standard InChI is InChI=1S/C13H19N3O/c1-11-5-8-16(9-6-11)13(17)15-10-12-4-2-3-7-14-12/h2-4,7,11H,5-6,8-10H2,1H3,(H,15,17). The van der Waals surface area contributed by atoms with Crippen LogP contribution >= 0.6 is 0 Å². The van der Waals surface area contributed by atoms with E-state index >= 15 is 0 Å². The van der Waals surface area contributed by atoms with Gasteiger partial charge in [-0.1, -0.05) is 13.0 Å². The Bertz CT molecular complexity index is 358. The number of aromatic nitrogens is 1. The summed E-state index contributed by atoms with van der Waals surface area (Å²) >= 11 is 0. The van der Waals surface area contributed by atoms with Crippen LogP contribution in [0.15, 0.2) is 24.4 Å². The zero-order chi connectivity index (χ0) is 12.1. The van der Waals surface area contributed by atoms with E-state index in [0.29, 0.717) is 6.54 Å². The highest BCUT2D eigenvalue weighted by molar-refractivity contribution is 5.74. The van der Waals surface area contributed by atoms with Gasteiger partial charge in [0.2, 0.25) is 0 Å². The Morgan fingerprint density at radius 2 is 2.24 bits per heavy atom. The molecule has 1 fully saturated rings. The summed E-state index contributed by atoms with van der Waals surface area (Å²) in [6.45, 7) is 4.49. The van der Waals surface area contributed by atoms with Crippen LogP contribution in [0.1, 0.15) is 25.5 Å². The van der Waals surface area contributed by atoms with Gasteiger partial charge in [-0.3, -0.25) is 4.98 Å². The summed E-state index contributed by atoms with van der Waals surface area (Å²) in [4.78, 5) is 17.9. The Morgan fingerprint density at radius 3 is 2.88 bits per heavy atom. The fourth-order valence-corrected chi connectivity index (χ4v) is 1.99. The molecule has 1 saturated heterocycles. The number of piperidine rings is 1. The molecule has 92 valence electrons. The Kier molecular flexibility index (Phi) is 3.96. The predicted molar refractivity (Wildman–Crippen MR) is 66.4 cm³/mol. The molecule has 0 radical (unpaired) electrons. The molecule has 1 aliphatic rings. The molecule has 0 atom stereocenters. The van der Waals surface area contributed by atoms with Crippen LogP contribution in [0.3, 0.4) is 0 Å². The van der Waals surface area contributed by atoms with Crippen molar-refractivity contribution < 1.29 is 4.79 Å². The Hall–Kier alpha value is -1.58. The Morgan fingerprint density at radius 1 is 1.47 bits per heavy atom. The van der Waals surface area contributed by atoms with Gasteiger partial charge in [0, 0.05) is 19.3 Å². The van der Waals surface area contributed by atoms with E-state index in [0.717, 1.165) is 37.5 Å². The molecule has 2 heterocycles. The Labute approximate surface area is 102 Å². The minimum absolute atomic E-state index is 0.0301. The minimum Gasteiger partial charge on any atom is -0.332 e. The van der Waals surface area contributed by atoms with E-state index in [1.54, 1.807) is 6.20 Å². The van der Waals surface area contributed by atoms with E-state index in [2.05, 4.69) is 17.2 Å². The SMILES string of the molecule is CC1CCN(C(=O)NCc2ccccn2)CC1. The van der Waals surface area contributed by atoms with Gasteiger partial charge in [-0.15, -0.1) is 0 Å². The summed E-state index contributed by atoms with van der Waals surface area (Å²) < 4.78 is 0. The van der Waals surface area contributed by atoms with Gasteiger partial charge >= 0.3 is 6.03 Å². The topological polar surface area (TPSA) is 45.2 Å². The maximum absolute atomic E-state index is 11.9. The van der Waals surface area contributed by atoms with Crippen LogP contribution < -0.4 is 5.32 Å². The number of nitrogens with one attached hydrogen (secondary N) is 1. The summed E-state index contributed by atoms with van der Waals surface area (Å²) in [5.74, 6) is 0.745. The van der Waals surface area contributed by atoms with Gasteiger partial charge in [0.1, 0.15) is 0 Å². The molecule has 1 aromatic heterocycles. The third kappa shape index (κ3) is 3.44. The molecule has 0 spiro atoms. The lowest BCUT2D eigenvalue weighted by molar-refractivity contribution is 0.173. The minimum atomic E-state index is 0.0301. The lowest BCUT2D eigenvalue weighted by Gasteiger charge is -2.30. The van der Waals surface area contributed by atoms with Crippen molar-refractivity contribution in [3.63, 3.8) is 0 Å². The van der Waals surface area contributed by atoms with E-state index < -0.39 is 0 Å². The van der Waals surface area contributed by atoms with Crippen LogP contribution in [0.5, 0.6) is 0 Å². The van der Waals surface area contributed by atoms with Crippen molar-refractivity contribution in [3.8, 4) is 0 Å². The first-order valence-corrected chi connectivity index (χ1v) is 6.18. The van der Waals surface area contributed by atoms with Crippen molar-refractivity contribution in [2.75, 3.05) is 13.1 Å². The van der Waals surface area contributed by atoms with Crippen molar-refractivity contribution in [2.24, 2.45) is 5.92 Å². The van der Waals surface area contributed by atoms with Gasteiger partial charge in [-0.05, 0) is 30.9 Å².